The second kappa shape index (κ2) is 9.89. The van der Waals surface area contributed by atoms with E-state index in [1.54, 1.807) is 24.8 Å². The van der Waals surface area contributed by atoms with E-state index in [-0.39, 0.29) is 0 Å². The number of rotatable bonds is 7. The number of anilines is 1. The monoisotopic (exact) mass is 458 g/mol. The summed E-state index contributed by atoms with van der Waals surface area (Å²) in [6, 6.07) is 17.1. The largest absolute Gasteiger partial charge is 0.497 e. The summed E-state index contributed by atoms with van der Waals surface area (Å²) in [6.07, 6.45) is 4.09. The Balaban J connectivity index is 1.23. The molecule has 0 atom stereocenters. The van der Waals surface area contributed by atoms with E-state index in [9.17, 15) is 0 Å². The second-order valence-corrected chi connectivity index (χ2v) is 9.72. The molecule has 0 spiro atoms. The maximum Gasteiger partial charge on any atom is 0.138 e. The van der Waals surface area contributed by atoms with E-state index in [0.717, 1.165) is 53.5 Å². The maximum atomic E-state index is 5.31. The number of piperidine rings is 1. The molecule has 4 aromatic rings. The highest BCUT2D eigenvalue weighted by Crippen LogP contribution is 2.37. The van der Waals surface area contributed by atoms with Crippen molar-refractivity contribution in [2.45, 2.75) is 26.3 Å². The average Bonchev–Trinajstić information content (AvgIpc) is 3.30. The minimum absolute atomic E-state index is 0.660. The molecular formula is C27H30N4OS. The van der Waals surface area contributed by atoms with Crippen LogP contribution in [0.5, 0.6) is 5.75 Å². The third kappa shape index (κ3) is 5.02. The van der Waals surface area contributed by atoms with Gasteiger partial charge in [-0.3, -0.25) is 4.90 Å². The quantitative estimate of drug-likeness (QED) is 0.368. The molecule has 1 saturated heterocycles. The van der Waals surface area contributed by atoms with Gasteiger partial charge in [0.2, 0.25) is 0 Å². The molecule has 0 saturated carbocycles. The van der Waals surface area contributed by atoms with Gasteiger partial charge in [0.25, 0.3) is 0 Å². The molecule has 3 heterocycles. The van der Waals surface area contributed by atoms with Gasteiger partial charge in [-0.2, -0.15) is 0 Å². The fourth-order valence-electron chi connectivity index (χ4n) is 4.53. The highest BCUT2D eigenvalue weighted by molar-refractivity contribution is 7.17. The van der Waals surface area contributed by atoms with Crippen LogP contribution in [0, 0.1) is 12.8 Å². The Morgan fingerprint density at radius 2 is 1.79 bits per heavy atom. The SMILES string of the molecule is COc1ccc(-c2csc3ncnc(NCC4CCN(Cc5ccc(C)cc5)CC4)c23)cc1. The molecule has 5 rings (SSSR count). The van der Waals surface area contributed by atoms with Crippen molar-refractivity contribution in [2.24, 2.45) is 5.92 Å². The van der Waals surface area contributed by atoms with Crippen molar-refractivity contribution in [3.8, 4) is 16.9 Å². The Morgan fingerprint density at radius 1 is 1.03 bits per heavy atom. The third-order valence-electron chi connectivity index (χ3n) is 6.56. The van der Waals surface area contributed by atoms with Gasteiger partial charge < -0.3 is 10.1 Å². The van der Waals surface area contributed by atoms with Gasteiger partial charge in [0.15, 0.2) is 0 Å². The normalized spacial score (nSPS) is 15.1. The van der Waals surface area contributed by atoms with E-state index < -0.39 is 0 Å². The summed E-state index contributed by atoms with van der Waals surface area (Å²) in [5.41, 5.74) is 5.06. The lowest BCUT2D eigenvalue weighted by atomic mass is 9.96. The van der Waals surface area contributed by atoms with Crippen LogP contribution in [0.4, 0.5) is 5.82 Å². The lowest BCUT2D eigenvalue weighted by Crippen LogP contribution is -2.35. The van der Waals surface area contributed by atoms with Crippen LogP contribution in [-0.4, -0.2) is 41.6 Å². The van der Waals surface area contributed by atoms with Crippen molar-refractivity contribution in [3.63, 3.8) is 0 Å². The molecule has 0 radical (unpaired) electrons. The highest BCUT2D eigenvalue weighted by atomic mass is 32.1. The fourth-order valence-corrected chi connectivity index (χ4v) is 5.45. The number of nitrogens with one attached hydrogen (secondary N) is 1. The molecule has 6 heteroatoms. The first-order valence-corrected chi connectivity index (χ1v) is 12.5. The molecule has 5 nitrogen and oxygen atoms in total. The number of hydrogen-bond acceptors (Lipinski definition) is 6. The van der Waals surface area contributed by atoms with Crippen molar-refractivity contribution < 1.29 is 4.74 Å². The van der Waals surface area contributed by atoms with Gasteiger partial charge in [-0.25, -0.2) is 9.97 Å². The first kappa shape index (κ1) is 21.9. The van der Waals surface area contributed by atoms with Crippen molar-refractivity contribution in [2.75, 3.05) is 32.1 Å². The Labute approximate surface area is 199 Å². The Kier molecular flexibility index (Phi) is 6.55. The third-order valence-corrected chi connectivity index (χ3v) is 7.45. The first-order valence-electron chi connectivity index (χ1n) is 11.6. The molecular weight excluding hydrogens is 428 g/mol. The molecule has 0 amide bonds. The van der Waals surface area contributed by atoms with Gasteiger partial charge in [-0.15, -0.1) is 11.3 Å². The Bertz CT molecular complexity index is 1200. The van der Waals surface area contributed by atoms with Crippen molar-refractivity contribution >= 4 is 27.4 Å². The molecule has 1 N–H and O–H groups in total. The van der Waals surface area contributed by atoms with Gasteiger partial charge in [0.1, 0.15) is 22.7 Å². The number of methoxy groups -OCH3 is 1. The van der Waals surface area contributed by atoms with E-state index in [0.29, 0.717) is 5.92 Å². The molecule has 2 aromatic heterocycles. The minimum Gasteiger partial charge on any atom is -0.497 e. The van der Waals surface area contributed by atoms with Crippen LogP contribution in [0.3, 0.4) is 0 Å². The van der Waals surface area contributed by atoms with E-state index in [4.69, 9.17) is 4.74 Å². The van der Waals surface area contributed by atoms with E-state index >= 15 is 0 Å². The van der Waals surface area contributed by atoms with Crippen LogP contribution in [0.25, 0.3) is 21.3 Å². The van der Waals surface area contributed by atoms with Crippen LogP contribution < -0.4 is 10.1 Å². The van der Waals surface area contributed by atoms with Crippen LogP contribution in [0.15, 0.2) is 60.2 Å². The van der Waals surface area contributed by atoms with Gasteiger partial charge in [-0.05, 0) is 62.0 Å². The number of fused-ring (bicyclic) bond motifs is 1. The number of likely N-dealkylation sites (tertiary alicyclic amines) is 1. The number of hydrogen-bond donors (Lipinski definition) is 1. The van der Waals surface area contributed by atoms with Gasteiger partial charge in [0, 0.05) is 24.0 Å². The van der Waals surface area contributed by atoms with Crippen LogP contribution in [0.1, 0.15) is 24.0 Å². The molecule has 0 bridgehead atoms. The average molecular weight is 459 g/mol. The standard InChI is InChI=1S/C27H30N4OS/c1-19-3-5-21(6-4-19)16-31-13-11-20(12-14-31)15-28-26-25-24(17-33-27(25)30-18-29-26)22-7-9-23(32-2)10-8-22/h3-10,17-18,20H,11-16H2,1-2H3,(H,28,29,30). The van der Waals surface area contributed by atoms with Crippen molar-refractivity contribution in [3.05, 3.63) is 71.4 Å². The zero-order valence-corrected chi connectivity index (χ0v) is 20.1. The summed E-state index contributed by atoms with van der Waals surface area (Å²) in [5.74, 6) is 2.46. The van der Waals surface area contributed by atoms with Gasteiger partial charge in [0.05, 0.1) is 12.5 Å². The zero-order valence-electron chi connectivity index (χ0n) is 19.3. The lowest BCUT2D eigenvalue weighted by Gasteiger charge is -2.32. The summed E-state index contributed by atoms with van der Waals surface area (Å²) in [5, 5.41) is 6.95. The second-order valence-electron chi connectivity index (χ2n) is 8.87. The van der Waals surface area contributed by atoms with Crippen LogP contribution >= 0.6 is 11.3 Å². The molecule has 0 unspecified atom stereocenters. The lowest BCUT2D eigenvalue weighted by molar-refractivity contribution is 0.182. The molecule has 1 fully saturated rings. The molecule has 2 aromatic carbocycles. The Morgan fingerprint density at radius 3 is 2.52 bits per heavy atom. The van der Waals surface area contributed by atoms with E-state index in [1.165, 1.54) is 29.5 Å². The predicted molar refractivity (Wildman–Crippen MR) is 137 cm³/mol. The van der Waals surface area contributed by atoms with Gasteiger partial charge >= 0.3 is 0 Å². The predicted octanol–water partition coefficient (Wildman–Crippen LogP) is 6.00. The maximum absolute atomic E-state index is 5.31. The summed E-state index contributed by atoms with van der Waals surface area (Å²) in [6.45, 7) is 6.43. The summed E-state index contributed by atoms with van der Waals surface area (Å²) >= 11 is 1.67. The number of benzene rings is 2. The number of aryl methyl sites for hydroxylation is 1. The number of nitrogens with zero attached hydrogens (tertiary/aromatic N) is 3. The van der Waals surface area contributed by atoms with Crippen LogP contribution in [-0.2, 0) is 6.54 Å². The summed E-state index contributed by atoms with van der Waals surface area (Å²) < 4.78 is 5.31. The minimum atomic E-state index is 0.660. The molecule has 1 aliphatic rings. The number of aromatic nitrogens is 2. The number of ether oxygens (including phenoxy) is 1. The van der Waals surface area contributed by atoms with Crippen molar-refractivity contribution in [1.82, 2.24) is 14.9 Å². The molecule has 33 heavy (non-hydrogen) atoms. The van der Waals surface area contributed by atoms with E-state index in [2.05, 4.69) is 68.9 Å². The van der Waals surface area contributed by atoms with Crippen molar-refractivity contribution in [1.29, 1.82) is 0 Å². The van der Waals surface area contributed by atoms with Crippen LogP contribution in [0.2, 0.25) is 0 Å². The van der Waals surface area contributed by atoms with E-state index in [1.807, 2.05) is 12.1 Å². The Hall–Kier alpha value is -2.96. The summed E-state index contributed by atoms with van der Waals surface area (Å²) in [4.78, 5) is 12.7. The molecule has 1 aliphatic heterocycles. The molecule has 0 aliphatic carbocycles. The fraction of sp³-hybridized carbons (Fsp3) is 0.333. The topological polar surface area (TPSA) is 50.3 Å². The smallest absolute Gasteiger partial charge is 0.138 e. The zero-order chi connectivity index (χ0) is 22.6. The first-order chi connectivity index (χ1) is 16.2. The highest BCUT2D eigenvalue weighted by Gasteiger charge is 2.20. The van der Waals surface area contributed by atoms with Gasteiger partial charge in [-0.1, -0.05) is 42.0 Å². The summed E-state index contributed by atoms with van der Waals surface area (Å²) in [7, 11) is 1.69. The molecule has 170 valence electrons. The number of thiophene rings is 1.